The Morgan fingerprint density at radius 1 is 0.854 bits per heavy atom. The Hall–Kier alpha value is -1.73. The average molecular weight is 807 g/mol. The molecule has 4 saturated carbocycles. The zero-order chi connectivity index (χ0) is 35.4. The predicted molar refractivity (Wildman–Crippen MR) is 171 cm³/mol. The minimum absolute atomic E-state index is 0.00946. The van der Waals surface area contributed by atoms with Crippen molar-refractivity contribution >= 4 is 16.1 Å². The molecule has 0 saturated heterocycles. The monoisotopic (exact) mass is 806 g/mol. The number of esters is 1. The van der Waals surface area contributed by atoms with Gasteiger partial charge in [0.15, 0.2) is 17.3 Å². The molecular weight excluding hydrogens is 759 g/mol. The van der Waals surface area contributed by atoms with Crippen LogP contribution >= 0.6 is 0 Å². The third-order valence-corrected chi connectivity index (χ3v) is 14.5. The van der Waals surface area contributed by atoms with E-state index in [-0.39, 0.29) is 56.4 Å². The maximum absolute atomic E-state index is 13.8. The van der Waals surface area contributed by atoms with Gasteiger partial charge in [-0.15, -0.1) is 0 Å². The molecule has 2 unspecified atom stereocenters. The molecule has 4 aliphatic rings. The molecule has 2 aromatic carbocycles. The SMILES string of the molecule is CC(C)(C)c1ccc([I+]c2ccc(C(C)(C)CC34CC5CC(C3)CC(C(=O)OCCCCC(F)(F)C(F)(F)S(=O)(=O)[O-])(C5)C4)cc2)cc1. The van der Waals surface area contributed by atoms with Crippen LogP contribution in [0.4, 0.5) is 17.6 Å². The van der Waals surface area contributed by atoms with E-state index < -0.39 is 39.6 Å². The Morgan fingerprint density at radius 2 is 1.38 bits per heavy atom. The van der Waals surface area contributed by atoms with Crippen molar-refractivity contribution in [1.29, 1.82) is 0 Å². The fourth-order valence-electron chi connectivity index (χ4n) is 9.14. The van der Waals surface area contributed by atoms with Gasteiger partial charge in [0.05, 0.1) is 12.0 Å². The minimum atomic E-state index is -6.52. The second-order valence-electron chi connectivity index (χ2n) is 16.4. The van der Waals surface area contributed by atoms with Crippen LogP contribution in [-0.4, -0.2) is 36.7 Å². The molecule has 0 heterocycles. The molecule has 2 atom stereocenters. The van der Waals surface area contributed by atoms with E-state index in [0.29, 0.717) is 11.8 Å². The van der Waals surface area contributed by atoms with Crippen LogP contribution in [0.1, 0.15) is 110 Å². The molecule has 4 fully saturated rings. The standard InChI is InChI=1S/C37H47F4IO5S/c1-32(2,3)27-8-12-29(13-9-27)42-30-14-10-28(11-15-30)33(4,5)23-34-19-25-18-26(20-34)22-35(21-25,24-34)31(43)47-17-7-6-16-36(38,39)37(40,41)48(44,45)46/h8-15,25-26H,6-7,16-24H2,1-5H3. The van der Waals surface area contributed by atoms with E-state index in [1.165, 1.54) is 18.3 Å². The van der Waals surface area contributed by atoms with Gasteiger partial charge in [0, 0.05) is 6.42 Å². The van der Waals surface area contributed by atoms with Gasteiger partial charge in [-0.25, -0.2) is 8.42 Å². The first-order chi connectivity index (χ1) is 22.1. The zero-order valence-corrected chi connectivity index (χ0v) is 31.4. The van der Waals surface area contributed by atoms with Gasteiger partial charge in [-0.2, -0.15) is 17.6 Å². The first kappa shape index (κ1) is 37.5. The van der Waals surface area contributed by atoms with Gasteiger partial charge in [-0.3, -0.25) is 4.79 Å². The topological polar surface area (TPSA) is 83.5 Å². The molecule has 266 valence electrons. The normalized spacial score (nSPS) is 26.1. The molecule has 0 radical (unpaired) electrons. The van der Waals surface area contributed by atoms with Crippen molar-refractivity contribution < 1.29 is 61.3 Å². The molecule has 2 aromatic rings. The Balaban J connectivity index is 1.19. The lowest BCUT2D eigenvalue weighted by atomic mass is 9.42. The summed E-state index contributed by atoms with van der Waals surface area (Å²) in [7, 11) is -6.52. The molecule has 0 aromatic heterocycles. The van der Waals surface area contributed by atoms with Crippen LogP contribution in [0.3, 0.4) is 0 Å². The molecule has 4 bridgehead atoms. The Morgan fingerprint density at radius 3 is 1.88 bits per heavy atom. The second-order valence-corrected chi connectivity index (χ2v) is 20.9. The maximum Gasteiger partial charge on any atom is 0.396 e. The van der Waals surface area contributed by atoms with Gasteiger partial charge in [0.25, 0.3) is 0 Å². The van der Waals surface area contributed by atoms with Crippen molar-refractivity contribution in [2.75, 3.05) is 6.61 Å². The van der Waals surface area contributed by atoms with E-state index in [1.54, 1.807) is 0 Å². The number of alkyl halides is 4. The first-order valence-corrected chi connectivity index (χ1v) is 20.4. The molecular formula is C37H47F4IO5S. The van der Waals surface area contributed by atoms with Gasteiger partial charge < -0.3 is 9.29 Å². The van der Waals surface area contributed by atoms with Gasteiger partial charge >= 0.3 is 38.4 Å². The largest absolute Gasteiger partial charge is 0.743 e. The van der Waals surface area contributed by atoms with E-state index in [9.17, 15) is 35.3 Å². The lowest BCUT2D eigenvalue weighted by Gasteiger charge is -2.62. The van der Waals surface area contributed by atoms with E-state index >= 15 is 0 Å². The third-order valence-electron chi connectivity index (χ3n) is 10.8. The van der Waals surface area contributed by atoms with Crippen molar-refractivity contribution in [1.82, 2.24) is 0 Å². The maximum atomic E-state index is 13.8. The molecule has 11 heteroatoms. The number of hydrogen-bond acceptors (Lipinski definition) is 5. The number of benzene rings is 2. The van der Waals surface area contributed by atoms with Gasteiger partial charge in [0.1, 0.15) is 0 Å². The van der Waals surface area contributed by atoms with Crippen LogP contribution < -0.4 is 21.2 Å². The molecule has 0 aliphatic heterocycles. The Labute approximate surface area is 293 Å². The highest BCUT2D eigenvalue weighted by Crippen LogP contribution is 2.68. The van der Waals surface area contributed by atoms with Crippen molar-refractivity contribution in [3.05, 3.63) is 66.8 Å². The highest BCUT2D eigenvalue weighted by molar-refractivity contribution is 7.86. The highest BCUT2D eigenvalue weighted by atomic mass is 127. The fraction of sp³-hybridized carbons (Fsp3) is 0.649. The lowest BCUT2D eigenvalue weighted by Crippen LogP contribution is -3.61. The smallest absolute Gasteiger partial charge is 0.396 e. The number of carbonyl (C=O) groups excluding carboxylic acids is 1. The quantitative estimate of drug-likeness (QED) is 0.0835. The van der Waals surface area contributed by atoms with Crippen molar-refractivity contribution in [3.8, 4) is 0 Å². The van der Waals surface area contributed by atoms with Crippen LogP contribution in [0.15, 0.2) is 48.5 Å². The number of hydrogen-bond donors (Lipinski definition) is 0. The summed E-state index contributed by atoms with van der Waals surface area (Å²) in [6, 6.07) is 18.0. The molecule has 0 amide bonds. The molecule has 4 aliphatic carbocycles. The van der Waals surface area contributed by atoms with Crippen LogP contribution in [0.25, 0.3) is 0 Å². The van der Waals surface area contributed by atoms with Gasteiger partial charge in [0.2, 0.25) is 0 Å². The van der Waals surface area contributed by atoms with Gasteiger partial charge in [-0.1, -0.05) is 58.9 Å². The third kappa shape index (κ3) is 7.77. The number of carbonyl (C=O) groups is 1. The molecule has 0 spiro atoms. The van der Waals surface area contributed by atoms with Crippen molar-refractivity contribution in [3.63, 3.8) is 0 Å². The van der Waals surface area contributed by atoms with Crippen LogP contribution in [0, 0.1) is 29.8 Å². The fourth-order valence-corrected chi connectivity index (χ4v) is 11.8. The summed E-state index contributed by atoms with van der Waals surface area (Å²) in [4.78, 5) is 13.6. The molecule has 0 N–H and O–H groups in total. The highest BCUT2D eigenvalue weighted by Gasteiger charge is 2.62. The van der Waals surface area contributed by atoms with Crippen molar-refractivity contribution in [2.45, 2.75) is 121 Å². The summed E-state index contributed by atoms with van der Waals surface area (Å²) in [5.74, 6) is -4.51. The summed E-state index contributed by atoms with van der Waals surface area (Å²) in [5.41, 5.74) is 1.98. The average Bonchev–Trinajstić information content (AvgIpc) is 2.95. The van der Waals surface area contributed by atoms with E-state index in [1.807, 2.05) is 0 Å². The summed E-state index contributed by atoms with van der Waals surface area (Å²) < 4.78 is 94.7. The Kier molecular flexibility index (Phi) is 10.2. The lowest BCUT2D eigenvalue weighted by molar-refractivity contribution is -0.597. The number of ether oxygens (including phenoxy) is 1. The van der Waals surface area contributed by atoms with E-state index in [0.717, 1.165) is 44.9 Å². The molecule has 48 heavy (non-hydrogen) atoms. The van der Waals surface area contributed by atoms with Gasteiger partial charge in [-0.05, 0) is 121 Å². The molecule has 6 rings (SSSR count). The minimum Gasteiger partial charge on any atom is -0.743 e. The van der Waals surface area contributed by atoms with E-state index in [4.69, 9.17) is 4.74 Å². The summed E-state index contributed by atoms with van der Waals surface area (Å²) in [5, 5.41) is -5.69. The van der Waals surface area contributed by atoms with Crippen LogP contribution in [0.5, 0.6) is 0 Å². The van der Waals surface area contributed by atoms with E-state index in [2.05, 4.69) is 83.1 Å². The Bertz CT molecular complexity index is 1570. The number of halogens is 5. The summed E-state index contributed by atoms with van der Waals surface area (Å²) in [6.45, 7) is 11.0. The summed E-state index contributed by atoms with van der Waals surface area (Å²) >= 11 is -0.296. The number of rotatable bonds is 13. The zero-order valence-electron chi connectivity index (χ0n) is 28.4. The predicted octanol–water partition coefficient (Wildman–Crippen LogP) is 5.85. The molecule has 5 nitrogen and oxygen atoms in total. The summed E-state index contributed by atoms with van der Waals surface area (Å²) in [6.07, 6.45) is 4.22. The van der Waals surface area contributed by atoms with Crippen molar-refractivity contribution in [2.24, 2.45) is 22.7 Å². The van der Waals surface area contributed by atoms with Crippen LogP contribution in [-0.2, 0) is 30.5 Å². The second kappa shape index (κ2) is 13.1. The number of unbranched alkanes of at least 4 members (excludes halogenated alkanes) is 1. The first-order valence-electron chi connectivity index (χ1n) is 16.8. The van der Waals surface area contributed by atoms with Crippen LogP contribution in [0.2, 0.25) is 0 Å².